The highest BCUT2D eigenvalue weighted by atomic mass is 16.3. The molecule has 0 atom stereocenters. The van der Waals surface area contributed by atoms with Crippen molar-refractivity contribution >= 4 is 11.0 Å². The van der Waals surface area contributed by atoms with Gasteiger partial charge in [-0.2, -0.15) is 0 Å². The highest BCUT2D eigenvalue weighted by Gasteiger charge is 2.10. The Hall–Kier alpha value is -2.36. The maximum atomic E-state index is 10.3. The summed E-state index contributed by atoms with van der Waals surface area (Å²) in [6.07, 6.45) is 10.2. The standard InChI is InChI=1S/C22H29N3O/c1-3-4-5-6-7-8-9-10-18-12-14-22(26)21(16-18)25-23-19-13-11-17(2)15-20(19)24-25/h11-16,26H,3-10H2,1-2H3. The molecule has 0 aliphatic rings. The van der Waals surface area contributed by atoms with Crippen molar-refractivity contribution in [2.75, 3.05) is 0 Å². The van der Waals surface area contributed by atoms with Crippen LogP contribution >= 0.6 is 0 Å². The summed E-state index contributed by atoms with van der Waals surface area (Å²) in [4.78, 5) is 1.55. The zero-order valence-corrected chi connectivity index (χ0v) is 15.9. The van der Waals surface area contributed by atoms with Crippen molar-refractivity contribution in [3.8, 4) is 11.4 Å². The quantitative estimate of drug-likeness (QED) is 0.501. The van der Waals surface area contributed by atoms with Crippen LogP contribution in [0.4, 0.5) is 0 Å². The number of hydrogen-bond donors (Lipinski definition) is 1. The number of rotatable bonds is 9. The molecule has 0 fully saturated rings. The number of fused-ring (bicyclic) bond motifs is 1. The van der Waals surface area contributed by atoms with E-state index in [9.17, 15) is 5.11 Å². The van der Waals surface area contributed by atoms with Crippen molar-refractivity contribution in [3.63, 3.8) is 0 Å². The van der Waals surface area contributed by atoms with Gasteiger partial charge in [0.25, 0.3) is 0 Å². The van der Waals surface area contributed by atoms with E-state index in [1.54, 1.807) is 10.9 Å². The van der Waals surface area contributed by atoms with Gasteiger partial charge in [-0.25, -0.2) is 0 Å². The molecule has 0 unspecified atom stereocenters. The van der Waals surface area contributed by atoms with E-state index in [0.717, 1.165) is 23.0 Å². The first-order valence-electron chi connectivity index (χ1n) is 9.83. The smallest absolute Gasteiger partial charge is 0.143 e. The topological polar surface area (TPSA) is 50.9 Å². The molecule has 138 valence electrons. The minimum Gasteiger partial charge on any atom is -0.506 e. The number of aromatic nitrogens is 3. The van der Waals surface area contributed by atoms with Gasteiger partial charge in [0.05, 0.1) is 0 Å². The second-order valence-electron chi connectivity index (χ2n) is 7.18. The van der Waals surface area contributed by atoms with Gasteiger partial charge in [-0.3, -0.25) is 0 Å². The van der Waals surface area contributed by atoms with Gasteiger partial charge in [0.2, 0.25) is 0 Å². The van der Waals surface area contributed by atoms with Crippen LogP contribution in [-0.4, -0.2) is 20.1 Å². The van der Waals surface area contributed by atoms with E-state index in [1.165, 1.54) is 50.5 Å². The Morgan fingerprint density at radius 1 is 0.846 bits per heavy atom. The average Bonchev–Trinajstić information content (AvgIpc) is 3.05. The third kappa shape index (κ3) is 4.63. The van der Waals surface area contributed by atoms with E-state index in [0.29, 0.717) is 5.69 Å². The fourth-order valence-corrected chi connectivity index (χ4v) is 3.30. The van der Waals surface area contributed by atoms with Crippen molar-refractivity contribution in [1.82, 2.24) is 15.0 Å². The maximum absolute atomic E-state index is 10.3. The molecule has 1 heterocycles. The Morgan fingerprint density at radius 2 is 1.58 bits per heavy atom. The van der Waals surface area contributed by atoms with Crippen LogP contribution in [0.1, 0.15) is 63.0 Å². The number of aryl methyl sites for hydroxylation is 2. The zero-order valence-electron chi connectivity index (χ0n) is 15.9. The zero-order chi connectivity index (χ0) is 18.4. The van der Waals surface area contributed by atoms with Crippen LogP contribution in [-0.2, 0) is 6.42 Å². The lowest BCUT2D eigenvalue weighted by Gasteiger charge is -2.07. The van der Waals surface area contributed by atoms with Gasteiger partial charge in [0.15, 0.2) is 0 Å². The molecule has 1 N–H and O–H groups in total. The van der Waals surface area contributed by atoms with Crippen LogP contribution in [0.2, 0.25) is 0 Å². The summed E-state index contributed by atoms with van der Waals surface area (Å²) in [5, 5.41) is 19.3. The highest BCUT2D eigenvalue weighted by molar-refractivity contribution is 5.74. The van der Waals surface area contributed by atoms with Crippen molar-refractivity contribution < 1.29 is 5.11 Å². The average molecular weight is 351 g/mol. The van der Waals surface area contributed by atoms with Gasteiger partial charge >= 0.3 is 0 Å². The molecule has 0 aliphatic carbocycles. The summed E-state index contributed by atoms with van der Waals surface area (Å²) >= 11 is 0. The predicted octanol–water partition coefficient (Wildman–Crippen LogP) is 5.73. The van der Waals surface area contributed by atoms with Gasteiger partial charge in [0.1, 0.15) is 22.5 Å². The second kappa shape index (κ2) is 8.84. The van der Waals surface area contributed by atoms with Gasteiger partial charge in [0, 0.05) is 0 Å². The maximum Gasteiger partial charge on any atom is 0.143 e. The molecule has 0 saturated carbocycles. The molecule has 3 rings (SSSR count). The highest BCUT2D eigenvalue weighted by Crippen LogP contribution is 2.24. The van der Waals surface area contributed by atoms with Crippen molar-refractivity contribution in [2.24, 2.45) is 0 Å². The largest absolute Gasteiger partial charge is 0.506 e. The SMILES string of the molecule is CCCCCCCCCc1ccc(O)c(-n2nc3ccc(C)cc3n2)c1. The fraction of sp³-hybridized carbons (Fsp3) is 0.455. The number of nitrogens with zero attached hydrogens (tertiary/aromatic N) is 3. The molecule has 1 aromatic heterocycles. The molecule has 0 saturated heterocycles. The van der Waals surface area contributed by atoms with E-state index < -0.39 is 0 Å². The molecule has 0 spiro atoms. The van der Waals surface area contributed by atoms with Crippen LogP contribution < -0.4 is 0 Å². The molecule has 26 heavy (non-hydrogen) atoms. The number of phenolic OH excluding ortho intramolecular Hbond substituents is 1. The third-order valence-electron chi connectivity index (χ3n) is 4.86. The minimum atomic E-state index is 0.213. The van der Waals surface area contributed by atoms with Crippen LogP contribution in [0.15, 0.2) is 36.4 Å². The molecule has 4 nitrogen and oxygen atoms in total. The predicted molar refractivity (Wildman–Crippen MR) is 107 cm³/mol. The van der Waals surface area contributed by atoms with Gasteiger partial charge in [-0.15, -0.1) is 15.0 Å². The lowest BCUT2D eigenvalue weighted by atomic mass is 10.0. The number of benzene rings is 2. The first-order chi connectivity index (χ1) is 12.7. The van der Waals surface area contributed by atoms with E-state index in [1.807, 2.05) is 37.3 Å². The summed E-state index contributed by atoms with van der Waals surface area (Å²) in [6.45, 7) is 4.29. The summed E-state index contributed by atoms with van der Waals surface area (Å²) < 4.78 is 0. The molecule has 0 amide bonds. The minimum absolute atomic E-state index is 0.213. The normalized spacial score (nSPS) is 11.3. The molecule has 4 heteroatoms. The monoisotopic (exact) mass is 351 g/mol. The van der Waals surface area contributed by atoms with Crippen molar-refractivity contribution in [1.29, 1.82) is 0 Å². The van der Waals surface area contributed by atoms with Crippen molar-refractivity contribution in [2.45, 2.75) is 65.2 Å². The van der Waals surface area contributed by atoms with E-state index >= 15 is 0 Å². The van der Waals surface area contributed by atoms with Crippen molar-refractivity contribution in [3.05, 3.63) is 47.5 Å². The van der Waals surface area contributed by atoms with Crippen LogP contribution in [0.5, 0.6) is 5.75 Å². The molecule has 2 aromatic carbocycles. The Labute approximate surface area is 155 Å². The number of aromatic hydroxyl groups is 1. The van der Waals surface area contributed by atoms with E-state index in [-0.39, 0.29) is 5.75 Å². The second-order valence-corrected chi connectivity index (χ2v) is 7.18. The number of hydrogen-bond acceptors (Lipinski definition) is 3. The Kier molecular flexibility index (Phi) is 6.26. The Bertz CT molecular complexity index is 854. The molecular formula is C22H29N3O. The molecule has 0 aliphatic heterocycles. The number of phenols is 1. The molecule has 0 radical (unpaired) electrons. The Balaban J connectivity index is 1.65. The molecule has 0 bridgehead atoms. The Morgan fingerprint density at radius 3 is 2.38 bits per heavy atom. The van der Waals surface area contributed by atoms with Crippen LogP contribution in [0.25, 0.3) is 16.7 Å². The van der Waals surface area contributed by atoms with E-state index in [2.05, 4.69) is 17.1 Å². The van der Waals surface area contributed by atoms with Gasteiger partial charge in [-0.05, 0) is 55.2 Å². The number of unbranched alkanes of at least 4 members (excludes halogenated alkanes) is 6. The third-order valence-corrected chi connectivity index (χ3v) is 4.86. The summed E-state index contributed by atoms with van der Waals surface area (Å²) in [7, 11) is 0. The molecular weight excluding hydrogens is 322 g/mol. The summed E-state index contributed by atoms with van der Waals surface area (Å²) in [5.41, 5.74) is 4.72. The summed E-state index contributed by atoms with van der Waals surface area (Å²) in [6, 6.07) is 11.8. The van der Waals surface area contributed by atoms with E-state index in [4.69, 9.17) is 0 Å². The lowest BCUT2D eigenvalue weighted by Crippen LogP contribution is -2.00. The van der Waals surface area contributed by atoms with Crippen LogP contribution in [0.3, 0.4) is 0 Å². The fourth-order valence-electron chi connectivity index (χ4n) is 3.30. The van der Waals surface area contributed by atoms with Gasteiger partial charge < -0.3 is 5.11 Å². The lowest BCUT2D eigenvalue weighted by molar-refractivity contribution is 0.467. The van der Waals surface area contributed by atoms with Gasteiger partial charge in [-0.1, -0.05) is 57.6 Å². The van der Waals surface area contributed by atoms with Crippen LogP contribution in [0, 0.1) is 6.92 Å². The summed E-state index contributed by atoms with van der Waals surface area (Å²) in [5.74, 6) is 0.213. The first-order valence-corrected chi connectivity index (χ1v) is 9.83. The molecule has 3 aromatic rings. The first kappa shape index (κ1) is 18.4.